The van der Waals surface area contributed by atoms with Crippen molar-refractivity contribution in [3.05, 3.63) is 36.8 Å². The van der Waals surface area contributed by atoms with Crippen molar-refractivity contribution >= 4 is 5.65 Å². The van der Waals surface area contributed by atoms with E-state index in [0.717, 1.165) is 5.65 Å². The fraction of sp³-hybridized carbons (Fsp3) is 0. The lowest BCUT2D eigenvalue weighted by molar-refractivity contribution is 0.962. The Bertz CT molecular complexity index is 491. The molecule has 0 atom stereocenters. The highest BCUT2D eigenvalue weighted by atomic mass is 15.3. The number of nitrogens with one attached hydrogen (secondary N) is 1. The van der Waals surface area contributed by atoms with Crippen molar-refractivity contribution in [1.29, 1.82) is 0 Å². The van der Waals surface area contributed by atoms with Crippen molar-refractivity contribution in [1.82, 2.24) is 14.6 Å². The number of hydrogen-bond donors (Lipinski definition) is 1. The van der Waals surface area contributed by atoms with Crippen LogP contribution in [0.4, 0.5) is 0 Å². The van der Waals surface area contributed by atoms with Crippen LogP contribution in [0.2, 0.25) is 0 Å². The summed E-state index contributed by atoms with van der Waals surface area (Å²) in [7, 11) is 0. The Kier molecular flexibility index (Phi) is 0.913. The summed E-state index contributed by atoms with van der Waals surface area (Å²) < 4.78 is 1.91. The van der Waals surface area contributed by atoms with Gasteiger partial charge in [0.2, 0.25) is 0 Å². The molecular weight excluding hydrogens is 150 g/mol. The molecule has 0 unspecified atom stereocenters. The first-order valence-electron chi connectivity index (χ1n) is 3.84. The minimum atomic E-state index is 0.984. The molecule has 2 heterocycles. The SMILES string of the molecule is c1cc2ccn3[nH]cnc3c-2c1. The molecule has 12 heavy (non-hydrogen) atoms. The molecule has 1 aromatic rings. The largest absolute Gasteiger partial charge is 0.282 e. The van der Waals surface area contributed by atoms with Gasteiger partial charge in [-0.15, -0.1) is 0 Å². The van der Waals surface area contributed by atoms with Gasteiger partial charge in [-0.1, -0.05) is 18.2 Å². The monoisotopic (exact) mass is 157 g/mol. The molecule has 3 rings (SSSR count). The van der Waals surface area contributed by atoms with Gasteiger partial charge >= 0.3 is 0 Å². The number of nitrogens with zero attached hydrogens (tertiary/aromatic N) is 2. The van der Waals surface area contributed by atoms with Crippen LogP contribution in [-0.2, 0) is 0 Å². The van der Waals surface area contributed by atoms with Crippen molar-refractivity contribution in [2.24, 2.45) is 0 Å². The second-order valence-electron chi connectivity index (χ2n) is 2.79. The van der Waals surface area contributed by atoms with Gasteiger partial charge in [0.15, 0.2) is 5.65 Å². The molecule has 1 N–H and O–H groups in total. The first-order valence-corrected chi connectivity index (χ1v) is 3.84. The first kappa shape index (κ1) is 5.83. The second kappa shape index (κ2) is 1.88. The van der Waals surface area contributed by atoms with Gasteiger partial charge in [0.1, 0.15) is 6.33 Å². The average molecular weight is 157 g/mol. The second-order valence-corrected chi connectivity index (χ2v) is 2.79. The number of hydrogen-bond acceptors (Lipinski definition) is 1. The van der Waals surface area contributed by atoms with Crippen LogP contribution in [0.25, 0.3) is 16.8 Å². The Morgan fingerprint density at radius 1 is 1.25 bits per heavy atom. The van der Waals surface area contributed by atoms with Gasteiger partial charge in [-0.2, -0.15) is 0 Å². The molecule has 3 heteroatoms. The zero-order valence-corrected chi connectivity index (χ0v) is 6.36. The molecule has 58 valence electrons. The Morgan fingerprint density at radius 3 is 3.25 bits per heavy atom. The minimum absolute atomic E-state index is 0.984. The Morgan fingerprint density at radius 2 is 2.25 bits per heavy atom. The molecule has 2 aliphatic rings. The maximum Gasteiger partial charge on any atom is 0.160 e. The molecule has 0 fully saturated rings. The summed E-state index contributed by atoms with van der Waals surface area (Å²) >= 11 is 0. The Labute approximate surface area is 69.0 Å². The third-order valence-corrected chi connectivity index (χ3v) is 2.11. The molecule has 0 radical (unpaired) electrons. The zero-order chi connectivity index (χ0) is 7.97. The topological polar surface area (TPSA) is 33.1 Å². The van der Waals surface area contributed by atoms with Gasteiger partial charge in [-0.25, -0.2) is 9.50 Å². The van der Waals surface area contributed by atoms with E-state index in [4.69, 9.17) is 0 Å². The predicted molar refractivity (Wildman–Crippen MR) is 46.2 cm³/mol. The van der Waals surface area contributed by atoms with E-state index in [0.29, 0.717) is 0 Å². The van der Waals surface area contributed by atoms with Gasteiger partial charge in [-0.05, 0) is 11.6 Å². The van der Waals surface area contributed by atoms with Crippen LogP contribution in [0.3, 0.4) is 0 Å². The summed E-state index contributed by atoms with van der Waals surface area (Å²) in [5.74, 6) is 0. The highest BCUT2D eigenvalue weighted by molar-refractivity contribution is 5.79. The summed E-state index contributed by atoms with van der Waals surface area (Å²) in [4.78, 5) is 4.23. The van der Waals surface area contributed by atoms with Gasteiger partial charge in [0.05, 0.1) is 0 Å². The maximum atomic E-state index is 4.23. The molecule has 0 bridgehead atoms. The van der Waals surface area contributed by atoms with E-state index < -0.39 is 0 Å². The maximum absolute atomic E-state index is 4.23. The molecule has 1 aliphatic heterocycles. The highest BCUT2D eigenvalue weighted by Crippen LogP contribution is 2.25. The van der Waals surface area contributed by atoms with Crippen molar-refractivity contribution in [3.8, 4) is 11.1 Å². The van der Waals surface area contributed by atoms with Gasteiger partial charge in [-0.3, -0.25) is 5.10 Å². The van der Waals surface area contributed by atoms with E-state index in [1.807, 2.05) is 16.8 Å². The standard InChI is InChI=1S/C9H7N3/c1-2-7-4-5-12-9(8(7)3-1)10-6-11-12/h1-6H,(H,10,11). The van der Waals surface area contributed by atoms with E-state index in [1.54, 1.807) is 6.33 Å². The van der Waals surface area contributed by atoms with E-state index in [-0.39, 0.29) is 0 Å². The first-order chi connectivity index (χ1) is 5.95. The van der Waals surface area contributed by atoms with Crippen LogP contribution in [-0.4, -0.2) is 14.6 Å². The third kappa shape index (κ3) is 0.580. The molecule has 0 spiro atoms. The average Bonchev–Trinajstić information content (AvgIpc) is 2.71. The molecule has 0 saturated heterocycles. The molecule has 3 nitrogen and oxygen atoms in total. The summed E-state index contributed by atoms with van der Waals surface area (Å²) in [6, 6.07) is 8.27. The van der Waals surface area contributed by atoms with Crippen LogP contribution in [0.15, 0.2) is 36.8 Å². The van der Waals surface area contributed by atoms with Crippen LogP contribution in [0.5, 0.6) is 0 Å². The fourth-order valence-corrected chi connectivity index (χ4v) is 1.53. The van der Waals surface area contributed by atoms with Crippen LogP contribution >= 0.6 is 0 Å². The van der Waals surface area contributed by atoms with E-state index in [1.165, 1.54) is 11.1 Å². The number of aromatic amines is 1. The molecular formula is C9H7N3. The summed E-state index contributed by atoms with van der Waals surface area (Å²) in [5.41, 5.74) is 3.42. The fourth-order valence-electron chi connectivity index (χ4n) is 1.53. The van der Waals surface area contributed by atoms with Crippen molar-refractivity contribution < 1.29 is 0 Å². The zero-order valence-electron chi connectivity index (χ0n) is 6.36. The predicted octanol–water partition coefficient (Wildman–Crippen LogP) is 1.77. The number of rotatable bonds is 0. The van der Waals surface area contributed by atoms with E-state index in [9.17, 15) is 0 Å². The van der Waals surface area contributed by atoms with E-state index in [2.05, 4.69) is 28.3 Å². The molecule has 1 aliphatic carbocycles. The van der Waals surface area contributed by atoms with Gasteiger partial charge in [0.25, 0.3) is 0 Å². The lowest BCUT2D eigenvalue weighted by Crippen LogP contribution is -1.88. The van der Waals surface area contributed by atoms with Crippen LogP contribution in [0, 0.1) is 0 Å². The van der Waals surface area contributed by atoms with Crippen LogP contribution in [0.1, 0.15) is 0 Å². The summed E-state index contributed by atoms with van der Waals surface area (Å²) in [6.45, 7) is 0. The molecule has 1 aromatic heterocycles. The van der Waals surface area contributed by atoms with Crippen molar-refractivity contribution in [2.75, 3.05) is 0 Å². The number of fused-ring (bicyclic) bond motifs is 3. The molecule has 0 amide bonds. The van der Waals surface area contributed by atoms with Gasteiger partial charge in [0, 0.05) is 11.8 Å². The lowest BCUT2D eigenvalue weighted by Gasteiger charge is -1.99. The molecule has 0 saturated carbocycles. The Hall–Kier alpha value is -1.77. The highest BCUT2D eigenvalue weighted by Gasteiger charge is 2.06. The van der Waals surface area contributed by atoms with Gasteiger partial charge < -0.3 is 0 Å². The number of H-pyrrole nitrogens is 1. The Balaban J connectivity index is 2.61. The quantitative estimate of drug-likeness (QED) is 0.530. The molecule has 0 aromatic carbocycles. The normalized spacial score (nSPS) is 11.3. The lowest BCUT2D eigenvalue weighted by atomic mass is 10.2. The van der Waals surface area contributed by atoms with Crippen molar-refractivity contribution in [2.45, 2.75) is 0 Å². The summed E-state index contributed by atoms with van der Waals surface area (Å²) in [6.07, 6.45) is 3.67. The summed E-state index contributed by atoms with van der Waals surface area (Å²) in [5, 5.41) is 3.01. The smallest absolute Gasteiger partial charge is 0.160 e. The number of aromatic nitrogens is 3. The van der Waals surface area contributed by atoms with E-state index >= 15 is 0 Å². The van der Waals surface area contributed by atoms with Crippen molar-refractivity contribution in [3.63, 3.8) is 0 Å². The third-order valence-electron chi connectivity index (χ3n) is 2.11. The minimum Gasteiger partial charge on any atom is -0.282 e. The van der Waals surface area contributed by atoms with Crippen LogP contribution < -0.4 is 0 Å². The number of pyridine rings is 1.